The molecule has 3 rings (SSSR count). The van der Waals surface area contributed by atoms with Crippen LogP contribution >= 0.6 is 11.8 Å². The van der Waals surface area contributed by atoms with Crippen molar-refractivity contribution in [2.45, 2.75) is 23.5 Å². The molecule has 20 heavy (non-hydrogen) atoms. The fraction of sp³-hybridized carbons (Fsp3) is 0.231. The molecule has 6 nitrogen and oxygen atoms in total. The second-order valence-corrected chi connectivity index (χ2v) is 5.17. The van der Waals surface area contributed by atoms with E-state index < -0.39 is 0 Å². The van der Waals surface area contributed by atoms with Crippen molar-refractivity contribution < 1.29 is 0 Å². The highest BCUT2D eigenvalue weighted by molar-refractivity contribution is 7.99. The summed E-state index contributed by atoms with van der Waals surface area (Å²) in [6.07, 6.45) is 6.44. The van der Waals surface area contributed by atoms with E-state index in [9.17, 15) is 0 Å². The van der Waals surface area contributed by atoms with E-state index >= 15 is 0 Å². The Labute approximate surface area is 120 Å². The van der Waals surface area contributed by atoms with Gasteiger partial charge in [-0.2, -0.15) is 0 Å². The number of rotatable bonds is 5. The summed E-state index contributed by atoms with van der Waals surface area (Å²) in [7, 11) is 0. The molecule has 3 heterocycles. The molecule has 0 saturated carbocycles. The zero-order valence-corrected chi connectivity index (χ0v) is 11.8. The van der Waals surface area contributed by atoms with Crippen molar-refractivity contribution in [3.8, 4) is 0 Å². The molecule has 0 amide bonds. The highest BCUT2D eigenvalue weighted by Crippen LogP contribution is 2.24. The highest BCUT2D eigenvalue weighted by Gasteiger charge is 2.08. The summed E-state index contributed by atoms with van der Waals surface area (Å²) in [5.74, 6) is 0.783. The Balaban J connectivity index is 1.83. The van der Waals surface area contributed by atoms with Crippen molar-refractivity contribution in [3.05, 3.63) is 36.8 Å². The molecular weight excluding hydrogens is 272 g/mol. The summed E-state index contributed by atoms with van der Waals surface area (Å²) < 4.78 is 1.93. The maximum absolute atomic E-state index is 4.50. The lowest BCUT2D eigenvalue weighted by Gasteiger charge is -2.04. The molecule has 0 unspecified atom stereocenters. The van der Waals surface area contributed by atoms with Gasteiger partial charge in [0.2, 0.25) is 5.16 Å². The summed E-state index contributed by atoms with van der Waals surface area (Å²) in [6.45, 7) is 3.00. The third-order valence-corrected chi connectivity index (χ3v) is 3.51. The quantitative estimate of drug-likeness (QED) is 0.777. The first-order chi connectivity index (χ1) is 9.86. The van der Waals surface area contributed by atoms with Crippen LogP contribution in [0.25, 0.3) is 5.65 Å². The molecule has 0 aromatic carbocycles. The predicted octanol–water partition coefficient (Wildman–Crippen LogP) is 2.49. The van der Waals surface area contributed by atoms with Gasteiger partial charge in [0.25, 0.3) is 0 Å². The summed E-state index contributed by atoms with van der Waals surface area (Å²) in [6, 6.07) is 5.81. The Kier molecular flexibility index (Phi) is 3.78. The number of nitrogens with one attached hydrogen (secondary N) is 1. The lowest BCUT2D eigenvalue weighted by Crippen LogP contribution is -2.02. The smallest absolute Gasteiger partial charge is 0.201 e. The number of hydrogen-bond acceptors (Lipinski definition) is 6. The van der Waals surface area contributed by atoms with E-state index in [1.165, 1.54) is 11.8 Å². The van der Waals surface area contributed by atoms with Gasteiger partial charge in [-0.05, 0) is 30.3 Å². The Hall–Kier alpha value is -2.15. The number of anilines is 1. The first-order valence-electron chi connectivity index (χ1n) is 6.40. The third-order valence-electron chi connectivity index (χ3n) is 2.65. The van der Waals surface area contributed by atoms with Crippen LogP contribution in [0.2, 0.25) is 0 Å². The molecule has 0 aliphatic carbocycles. The number of pyridine rings is 1. The van der Waals surface area contributed by atoms with Crippen LogP contribution in [0.15, 0.2) is 47.0 Å². The number of fused-ring (bicyclic) bond motifs is 1. The summed E-state index contributed by atoms with van der Waals surface area (Å²) >= 11 is 1.45. The molecule has 1 N–H and O–H groups in total. The largest absolute Gasteiger partial charge is 0.369 e. The van der Waals surface area contributed by atoms with E-state index in [0.717, 1.165) is 34.6 Å². The minimum atomic E-state index is 0.780. The monoisotopic (exact) mass is 286 g/mol. The van der Waals surface area contributed by atoms with Gasteiger partial charge < -0.3 is 5.32 Å². The Bertz CT molecular complexity index is 711. The van der Waals surface area contributed by atoms with Gasteiger partial charge in [-0.25, -0.2) is 4.98 Å². The van der Waals surface area contributed by atoms with E-state index in [4.69, 9.17) is 0 Å². The molecule has 0 fully saturated rings. The molecule has 0 aliphatic heterocycles. The summed E-state index contributed by atoms with van der Waals surface area (Å²) in [5, 5.41) is 13.1. The van der Waals surface area contributed by atoms with Gasteiger partial charge in [-0.15, -0.1) is 10.2 Å². The predicted molar refractivity (Wildman–Crippen MR) is 77.9 cm³/mol. The van der Waals surface area contributed by atoms with E-state index in [-0.39, 0.29) is 0 Å². The average molecular weight is 286 g/mol. The number of nitrogens with zero attached hydrogens (tertiary/aromatic N) is 5. The van der Waals surface area contributed by atoms with Gasteiger partial charge in [0.15, 0.2) is 5.65 Å². The molecule has 0 atom stereocenters. The summed E-state index contributed by atoms with van der Waals surface area (Å²) in [5.41, 5.74) is 0.822. The van der Waals surface area contributed by atoms with Crippen molar-refractivity contribution in [3.63, 3.8) is 0 Å². The molecule has 0 aliphatic rings. The van der Waals surface area contributed by atoms with Crippen LogP contribution in [0.5, 0.6) is 0 Å². The minimum absolute atomic E-state index is 0.780. The van der Waals surface area contributed by atoms with Crippen LogP contribution in [-0.4, -0.2) is 31.1 Å². The fourth-order valence-corrected chi connectivity index (χ4v) is 2.50. The first-order valence-corrected chi connectivity index (χ1v) is 7.22. The van der Waals surface area contributed by atoms with Gasteiger partial charge >= 0.3 is 0 Å². The topological polar surface area (TPSA) is 68.0 Å². The minimum Gasteiger partial charge on any atom is -0.369 e. The van der Waals surface area contributed by atoms with Gasteiger partial charge in [0.1, 0.15) is 10.8 Å². The van der Waals surface area contributed by atoms with Crippen LogP contribution in [-0.2, 0) is 0 Å². The molecule has 0 radical (unpaired) electrons. The lowest BCUT2D eigenvalue weighted by atomic mass is 10.5. The van der Waals surface area contributed by atoms with Gasteiger partial charge in [0.05, 0.1) is 12.4 Å². The maximum Gasteiger partial charge on any atom is 0.201 e. The Morgan fingerprint density at radius 1 is 1.25 bits per heavy atom. The van der Waals surface area contributed by atoms with Crippen LogP contribution in [0.3, 0.4) is 0 Å². The zero-order chi connectivity index (χ0) is 13.8. The van der Waals surface area contributed by atoms with Crippen molar-refractivity contribution in [1.29, 1.82) is 0 Å². The van der Waals surface area contributed by atoms with E-state index in [2.05, 4.69) is 32.4 Å². The maximum atomic E-state index is 4.50. The van der Waals surface area contributed by atoms with E-state index in [1.807, 2.05) is 28.8 Å². The molecule has 3 aromatic heterocycles. The number of hydrogen-bond donors (Lipinski definition) is 1. The highest BCUT2D eigenvalue weighted by atomic mass is 32.2. The zero-order valence-electron chi connectivity index (χ0n) is 11.0. The van der Waals surface area contributed by atoms with Crippen molar-refractivity contribution in [2.75, 3.05) is 11.9 Å². The number of aromatic nitrogens is 5. The molecule has 0 saturated heterocycles. The van der Waals surface area contributed by atoms with Gasteiger partial charge in [0, 0.05) is 12.7 Å². The Morgan fingerprint density at radius 2 is 2.20 bits per heavy atom. The fourth-order valence-electron chi connectivity index (χ4n) is 1.72. The summed E-state index contributed by atoms with van der Waals surface area (Å²) in [4.78, 5) is 8.70. The molecule has 3 aromatic rings. The van der Waals surface area contributed by atoms with Crippen molar-refractivity contribution in [2.24, 2.45) is 0 Å². The van der Waals surface area contributed by atoms with Crippen LogP contribution in [0.4, 0.5) is 5.82 Å². The van der Waals surface area contributed by atoms with Crippen molar-refractivity contribution >= 4 is 23.2 Å². The van der Waals surface area contributed by atoms with Crippen LogP contribution in [0, 0.1) is 0 Å². The van der Waals surface area contributed by atoms with Gasteiger partial charge in [-0.1, -0.05) is 13.0 Å². The lowest BCUT2D eigenvalue weighted by molar-refractivity contribution is 0.911. The first kappa shape index (κ1) is 12.9. The molecular formula is C13H14N6S. The van der Waals surface area contributed by atoms with Crippen LogP contribution in [0.1, 0.15) is 13.3 Å². The molecule has 0 bridgehead atoms. The van der Waals surface area contributed by atoms with Gasteiger partial charge in [-0.3, -0.25) is 9.38 Å². The SMILES string of the molecule is CCCNc1cncc(Sc2nnc3ccccn23)n1. The van der Waals surface area contributed by atoms with E-state index in [1.54, 1.807) is 12.4 Å². The van der Waals surface area contributed by atoms with Crippen LogP contribution < -0.4 is 5.32 Å². The average Bonchev–Trinajstić information content (AvgIpc) is 2.89. The third kappa shape index (κ3) is 2.72. The van der Waals surface area contributed by atoms with E-state index in [0.29, 0.717) is 0 Å². The second-order valence-electron chi connectivity index (χ2n) is 4.18. The normalized spacial score (nSPS) is 10.8. The molecule has 7 heteroatoms. The Morgan fingerprint density at radius 3 is 3.10 bits per heavy atom. The second kappa shape index (κ2) is 5.87. The molecule has 102 valence electrons. The standard InChI is InChI=1S/C13H14N6S/c1-2-6-15-10-8-14-9-12(16-10)20-13-18-17-11-5-3-4-7-19(11)13/h3-5,7-9H,2,6H2,1H3,(H,15,16). The van der Waals surface area contributed by atoms with Crippen molar-refractivity contribution in [1.82, 2.24) is 24.6 Å². The molecule has 0 spiro atoms.